The van der Waals surface area contributed by atoms with Crippen LogP contribution in [-0.2, 0) is 9.53 Å². The number of methoxy groups -OCH3 is 1. The molecule has 20 heavy (non-hydrogen) atoms. The molecule has 0 spiro atoms. The Morgan fingerprint density at radius 1 is 1.50 bits per heavy atom. The van der Waals surface area contributed by atoms with Crippen molar-refractivity contribution in [2.75, 3.05) is 25.1 Å². The third-order valence-corrected chi connectivity index (χ3v) is 3.61. The van der Waals surface area contributed by atoms with Crippen LogP contribution in [0.3, 0.4) is 0 Å². The molecule has 1 aromatic heterocycles. The van der Waals surface area contributed by atoms with Gasteiger partial charge >= 0.3 is 11.7 Å². The standard InChI is InChI=1S/C13H17N3O4/c1-8-6-15(7-10(8)13(17)20-3)12-11(16(18)19)5-4-9(2)14-12/h4-5,8,10H,6-7H2,1-3H3. The van der Waals surface area contributed by atoms with Crippen LogP contribution in [-0.4, -0.2) is 36.1 Å². The zero-order valence-corrected chi connectivity index (χ0v) is 11.7. The third kappa shape index (κ3) is 2.56. The maximum Gasteiger partial charge on any atom is 0.311 e. The fourth-order valence-electron chi connectivity index (χ4n) is 2.51. The summed E-state index contributed by atoms with van der Waals surface area (Å²) in [5.41, 5.74) is 0.674. The average molecular weight is 279 g/mol. The summed E-state index contributed by atoms with van der Waals surface area (Å²) >= 11 is 0. The van der Waals surface area contributed by atoms with Crippen molar-refractivity contribution in [1.29, 1.82) is 0 Å². The molecule has 108 valence electrons. The van der Waals surface area contributed by atoms with E-state index in [4.69, 9.17) is 4.74 Å². The van der Waals surface area contributed by atoms with Crippen LogP contribution in [0.1, 0.15) is 12.6 Å². The summed E-state index contributed by atoms with van der Waals surface area (Å²) in [7, 11) is 1.35. The topological polar surface area (TPSA) is 85.6 Å². The van der Waals surface area contributed by atoms with Crippen LogP contribution < -0.4 is 4.90 Å². The van der Waals surface area contributed by atoms with Gasteiger partial charge in [-0.3, -0.25) is 14.9 Å². The number of nitrogens with zero attached hydrogens (tertiary/aromatic N) is 3. The van der Waals surface area contributed by atoms with Crippen LogP contribution in [0, 0.1) is 28.9 Å². The number of anilines is 1. The minimum Gasteiger partial charge on any atom is -0.469 e. The highest BCUT2D eigenvalue weighted by molar-refractivity contribution is 5.75. The Balaban J connectivity index is 2.31. The first kappa shape index (κ1) is 14.2. The lowest BCUT2D eigenvalue weighted by Gasteiger charge is -2.17. The van der Waals surface area contributed by atoms with Crippen LogP contribution in [0.15, 0.2) is 12.1 Å². The van der Waals surface area contributed by atoms with Crippen molar-refractivity contribution in [3.63, 3.8) is 0 Å². The number of aromatic nitrogens is 1. The van der Waals surface area contributed by atoms with E-state index in [9.17, 15) is 14.9 Å². The SMILES string of the molecule is COC(=O)C1CN(c2nc(C)ccc2[N+](=O)[O-])CC1C. The number of nitro groups is 1. The molecule has 1 saturated heterocycles. The highest BCUT2D eigenvalue weighted by atomic mass is 16.6. The molecule has 2 unspecified atom stereocenters. The fourth-order valence-corrected chi connectivity index (χ4v) is 2.51. The number of ether oxygens (including phenoxy) is 1. The van der Waals surface area contributed by atoms with Gasteiger partial charge in [0.1, 0.15) is 0 Å². The number of hydrogen-bond donors (Lipinski definition) is 0. The second-order valence-corrected chi connectivity index (χ2v) is 5.06. The highest BCUT2D eigenvalue weighted by Crippen LogP contribution is 2.33. The number of rotatable bonds is 3. The van der Waals surface area contributed by atoms with Crippen molar-refractivity contribution in [3.05, 3.63) is 27.9 Å². The maximum atomic E-state index is 11.7. The van der Waals surface area contributed by atoms with Gasteiger partial charge in [-0.1, -0.05) is 6.92 Å². The van der Waals surface area contributed by atoms with Gasteiger partial charge in [-0.25, -0.2) is 4.98 Å². The van der Waals surface area contributed by atoms with Gasteiger partial charge in [0, 0.05) is 24.8 Å². The Hall–Kier alpha value is -2.18. The second-order valence-electron chi connectivity index (χ2n) is 5.06. The fraction of sp³-hybridized carbons (Fsp3) is 0.538. The summed E-state index contributed by atoms with van der Waals surface area (Å²) in [6.07, 6.45) is 0. The molecular formula is C13H17N3O4. The summed E-state index contributed by atoms with van der Waals surface area (Å²) in [5.74, 6) is -0.158. The summed E-state index contributed by atoms with van der Waals surface area (Å²) in [5, 5.41) is 11.1. The van der Waals surface area contributed by atoms with Crippen molar-refractivity contribution < 1.29 is 14.5 Å². The molecule has 7 heteroatoms. The molecule has 1 aromatic rings. The molecule has 2 heterocycles. The summed E-state index contributed by atoms with van der Waals surface area (Å²) in [6.45, 7) is 4.66. The number of pyridine rings is 1. The average Bonchev–Trinajstić information content (AvgIpc) is 2.79. The van der Waals surface area contributed by atoms with Gasteiger partial charge in [-0.05, 0) is 18.9 Å². The van der Waals surface area contributed by atoms with Crippen molar-refractivity contribution in [1.82, 2.24) is 4.98 Å². The molecule has 1 aliphatic rings. The molecule has 0 aliphatic carbocycles. The summed E-state index contributed by atoms with van der Waals surface area (Å²) in [4.78, 5) is 28.4. The van der Waals surface area contributed by atoms with Gasteiger partial charge in [-0.2, -0.15) is 0 Å². The number of hydrogen-bond acceptors (Lipinski definition) is 6. The molecule has 1 aliphatic heterocycles. The van der Waals surface area contributed by atoms with E-state index in [0.29, 0.717) is 24.6 Å². The predicted molar refractivity (Wildman–Crippen MR) is 72.5 cm³/mol. The van der Waals surface area contributed by atoms with Gasteiger partial charge < -0.3 is 9.64 Å². The lowest BCUT2D eigenvalue weighted by Crippen LogP contribution is -2.25. The third-order valence-electron chi connectivity index (χ3n) is 3.61. The van der Waals surface area contributed by atoms with Gasteiger partial charge in [-0.15, -0.1) is 0 Å². The van der Waals surface area contributed by atoms with E-state index >= 15 is 0 Å². The maximum absolute atomic E-state index is 11.7. The monoisotopic (exact) mass is 279 g/mol. The lowest BCUT2D eigenvalue weighted by molar-refractivity contribution is -0.384. The van der Waals surface area contributed by atoms with E-state index in [-0.39, 0.29) is 23.5 Å². The number of esters is 1. The smallest absolute Gasteiger partial charge is 0.311 e. The molecule has 0 saturated carbocycles. The van der Waals surface area contributed by atoms with Crippen molar-refractivity contribution in [2.24, 2.45) is 11.8 Å². The number of aryl methyl sites for hydroxylation is 1. The molecule has 2 rings (SSSR count). The van der Waals surface area contributed by atoms with Gasteiger partial charge in [0.2, 0.25) is 5.82 Å². The zero-order chi connectivity index (χ0) is 14.9. The van der Waals surface area contributed by atoms with Crippen LogP contribution >= 0.6 is 0 Å². The van der Waals surface area contributed by atoms with Crippen LogP contribution in [0.5, 0.6) is 0 Å². The Morgan fingerprint density at radius 2 is 2.20 bits per heavy atom. The first-order valence-corrected chi connectivity index (χ1v) is 6.39. The summed E-state index contributed by atoms with van der Waals surface area (Å²) in [6, 6.07) is 3.06. The molecule has 0 bridgehead atoms. The minimum atomic E-state index is -0.447. The largest absolute Gasteiger partial charge is 0.469 e. The van der Waals surface area contributed by atoms with Gasteiger partial charge in [0.25, 0.3) is 0 Å². The van der Waals surface area contributed by atoms with Gasteiger partial charge in [0.05, 0.1) is 18.0 Å². The minimum absolute atomic E-state index is 0.0340. The normalized spacial score (nSPS) is 21.9. The van der Waals surface area contributed by atoms with Crippen molar-refractivity contribution in [2.45, 2.75) is 13.8 Å². The van der Waals surface area contributed by atoms with Crippen molar-refractivity contribution in [3.8, 4) is 0 Å². The summed E-state index contributed by atoms with van der Waals surface area (Å²) < 4.78 is 4.77. The van der Waals surface area contributed by atoms with Crippen LogP contribution in [0.2, 0.25) is 0 Å². The van der Waals surface area contributed by atoms with E-state index < -0.39 is 4.92 Å². The van der Waals surface area contributed by atoms with E-state index in [1.165, 1.54) is 13.2 Å². The Morgan fingerprint density at radius 3 is 2.80 bits per heavy atom. The van der Waals surface area contributed by atoms with Crippen LogP contribution in [0.25, 0.3) is 0 Å². The zero-order valence-electron chi connectivity index (χ0n) is 11.7. The second kappa shape index (κ2) is 5.44. The Bertz CT molecular complexity index is 546. The lowest BCUT2D eigenvalue weighted by atomic mass is 9.99. The Labute approximate surface area is 116 Å². The molecule has 0 aromatic carbocycles. The molecule has 1 fully saturated rings. The van der Waals surface area contributed by atoms with Crippen molar-refractivity contribution >= 4 is 17.5 Å². The molecule has 2 atom stereocenters. The van der Waals surface area contributed by atoms with E-state index in [0.717, 1.165) is 0 Å². The molecule has 7 nitrogen and oxygen atoms in total. The quantitative estimate of drug-likeness (QED) is 0.474. The molecule has 0 amide bonds. The first-order chi connectivity index (χ1) is 9.43. The predicted octanol–water partition coefficient (Wildman–Crippen LogP) is 1.54. The number of carbonyl (C=O) groups is 1. The van der Waals surface area contributed by atoms with E-state index in [1.807, 2.05) is 6.92 Å². The number of carbonyl (C=O) groups excluding carboxylic acids is 1. The van der Waals surface area contributed by atoms with Crippen LogP contribution in [0.4, 0.5) is 11.5 Å². The van der Waals surface area contributed by atoms with E-state index in [2.05, 4.69) is 4.98 Å². The Kier molecular flexibility index (Phi) is 3.87. The first-order valence-electron chi connectivity index (χ1n) is 6.39. The van der Waals surface area contributed by atoms with E-state index in [1.54, 1.807) is 17.9 Å². The molecule has 0 N–H and O–H groups in total. The molecule has 0 radical (unpaired) electrons. The van der Waals surface area contributed by atoms with Gasteiger partial charge in [0.15, 0.2) is 0 Å². The highest BCUT2D eigenvalue weighted by Gasteiger charge is 2.38. The molecular weight excluding hydrogens is 262 g/mol.